The van der Waals surface area contributed by atoms with Crippen molar-refractivity contribution in [2.24, 2.45) is 0 Å². The highest BCUT2D eigenvalue weighted by Crippen LogP contribution is 2.43. The normalized spacial score (nSPS) is 14.8. The van der Waals surface area contributed by atoms with Crippen molar-refractivity contribution in [1.29, 1.82) is 0 Å². The van der Waals surface area contributed by atoms with Crippen molar-refractivity contribution in [3.8, 4) is 0 Å². The molecular weight excluding hydrogens is 405 g/mol. The molecule has 0 aliphatic rings. The summed E-state index contributed by atoms with van der Waals surface area (Å²) in [6, 6.07) is 14.7. The third kappa shape index (κ3) is 7.67. The lowest BCUT2D eigenvalue weighted by atomic mass is 10.0. The number of fused-ring (bicyclic) bond motifs is 1. The number of carboxylic acids is 1. The summed E-state index contributed by atoms with van der Waals surface area (Å²) in [6.45, 7) is 2.71. The molecule has 0 spiro atoms. The van der Waals surface area contributed by atoms with E-state index in [0.29, 0.717) is 6.54 Å². The molecule has 0 aromatic heterocycles. The van der Waals surface area contributed by atoms with Crippen LogP contribution in [-0.4, -0.2) is 62.8 Å². The van der Waals surface area contributed by atoms with Gasteiger partial charge in [-0.25, -0.2) is 0 Å². The Kier molecular flexibility index (Phi) is 8.77. The van der Waals surface area contributed by atoms with Crippen LogP contribution in [0.25, 0.3) is 10.8 Å². The van der Waals surface area contributed by atoms with Crippen molar-refractivity contribution in [2.75, 3.05) is 20.1 Å². The number of hydrogen-bond donors (Lipinski definition) is 4. The topological polar surface area (TPSA) is 118 Å². The van der Waals surface area contributed by atoms with Gasteiger partial charge in [0.05, 0.1) is 6.10 Å². The third-order valence-corrected chi connectivity index (χ3v) is 6.33. The van der Waals surface area contributed by atoms with Gasteiger partial charge in [-0.15, -0.1) is 0 Å². The first-order valence-corrected chi connectivity index (χ1v) is 11.5. The number of rotatable bonds is 11. The Morgan fingerprint density at radius 2 is 1.83 bits per heavy atom. The van der Waals surface area contributed by atoms with E-state index >= 15 is 0 Å². The molecule has 2 rings (SSSR count). The molecule has 0 heterocycles. The molecular formula is C22H30NO6P. The van der Waals surface area contributed by atoms with Crippen LogP contribution in [0.15, 0.2) is 54.1 Å². The van der Waals surface area contributed by atoms with E-state index in [1.165, 1.54) is 21.9 Å². The average molecular weight is 435 g/mol. The highest BCUT2D eigenvalue weighted by Gasteiger charge is 2.37. The number of aliphatic hydroxyl groups excluding tert-OH is 1. The maximum atomic E-state index is 11.2. The molecule has 0 radical (unpaired) electrons. The van der Waals surface area contributed by atoms with Gasteiger partial charge in [0.15, 0.2) is 5.66 Å². The van der Waals surface area contributed by atoms with Crippen LogP contribution in [0.1, 0.15) is 25.3 Å². The Morgan fingerprint density at radius 1 is 1.17 bits per heavy atom. The van der Waals surface area contributed by atoms with E-state index in [-0.39, 0.29) is 6.54 Å². The van der Waals surface area contributed by atoms with Crippen molar-refractivity contribution < 1.29 is 29.4 Å². The van der Waals surface area contributed by atoms with Gasteiger partial charge in [0.1, 0.15) is 0 Å². The van der Waals surface area contributed by atoms with Gasteiger partial charge in [-0.05, 0) is 49.6 Å². The van der Waals surface area contributed by atoms with E-state index in [1.54, 1.807) is 11.9 Å². The summed E-state index contributed by atoms with van der Waals surface area (Å²) < 4.78 is 11.2. The lowest BCUT2D eigenvalue weighted by molar-refractivity contribution is -0.137. The molecule has 0 aliphatic carbocycles. The predicted octanol–water partition coefficient (Wildman–Crippen LogP) is 3.03. The summed E-state index contributed by atoms with van der Waals surface area (Å²) in [5.74, 6) is -1.60. The first-order chi connectivity index (χ1) is 14.1. The fourth-order valence-corrected chi connectivity index (χ4v) is 4.10. The molecule has 0 saturated carbocycles. The predicted molar refractivity (Wildman–Crippen MR) is 118 cm³/mol. The van der Waals surface area contributed by atoms with Crippen molar-refractivity contribution in [2.45, 2.75) is 37.9 Å². The molecule has 0 saturated heterocycles. The van der Waals surface area contributed by atoms with Gasteiger partial charge in [0, 0.05) is 13.1 Å². The molecule has 164 valence electrons. The molecule has 0 amide bonds. The van der Waals surface area contributed by atoms with Crippen LogP contribution in [0.5, 0.6) is 0 Å². The summed E-state index contributed by atoms with van der Waals surface area (Å²) in [4.78, 5) is 31.0. The Bertz CT molecular complexity index is 938. The lowest BCUT2D eigenvalue weighted by Crippen LogP contribution is -2.34. The Morgan fingerprint density at radius 3 is 2.47 bits per heavy atom. The number of nitrogens with zero attached hydrogens (tertiary/aromatic N) is 1. The zero-order chi connectivity index (χ0) is 22.3. The Hall–Kier alpha value is -2.02. The van der Waals surface area contributed by atoms with Crippen LogP contribution >= 0.6 is 7.60 Å². The highest BCUT2D eigenvalue weighted by atomic mass is 31.2. The fourth-order valence-electron chi connectivity index (χ4n) is 3.30. The van der Waals surface area contributed by atoms with E-state index in [9.17, 15) is 14.5 Å². The van der Waals surface area contributed by atoms with Crippen molar-refractivity contribution >= 4 is 24.3 Å². The maximum Gasteiger partial charge on any atom is 0.339 e. The molecule has 7 nitrogen and oxygen atoms in total. The molecule has 0 aliphatic heterocycles. The monoisotopic (exact) mass is 435 g/mol. The number of carboxylic acid groups (broad SMARTS) is 1. The standard InChI is InChI=1S/C22H30NO6P/c1-16(7-8-17-9-10-18-5-3-4-6-19(18)13-17)11-12-23(2)15-20(24)14-21(22(25)26)30(27,28)29/h3-6,9-11,13,20-21,24H,7-8,12,14-15H2,1-2H3,(H,25,26)(H2,27,28,29). The molecule has 8 heteroatoms. The third-order valence-electron chi connectivity index (χ3n) is 5.08. The van der Waals surface area contributed by atoms with Crippen molar-refractivity contribution in [1.82, 2.24) is 4.90 Å². The largest absolute Gasteiger partial charge is 0.481 e. The quantitative estimate of drug-likeness (QED) is 0.316. The van der Waals surface area contributed by atoms with E-state index < -0.39 is 31.7 Å². The van der Waals surface area contributed by atoms with Gasteiger partial charge in [-0.2, -0.15) is 0 Å². The zero-order valence-electron chi connectivity index (χ0n) is 17.3. The van der Waals surface area contributed by atoms with Crippen LogP contribution in [0.3, 0.4) is 0 Å². The summed E-state index contributed by atoms with van der Waals surface area (Å²) in [5, 5.41) is 21.4. The van der Waals surface area contributed by atoms with E-state index in [2.05, 4.69) is 30.3 Å². The minimum Gasteiger partial charge on any atom is -0.481 e. The summed E-state index contributed by atoms with van der Waals surface area (Å²) >= 11 is 0. The Labute approximate surface area is 176 Å². The average Bonchev–Trinajstić information content (AvgIpc) is 2.67. The van der Waals surface area contributed by atoms with Crippen LogP contribution in [0.2, 0.25) is 0 Å². The lowest BCUT2D eigenvalue weighted by Gasteiger charge is -2.22. The second-order valence-corrected chi connectivity index (χ2v) is 9.59. The minimum atomic E-state index is -4.80. The smallest absolute Gasteiger partial charge is 0.339 e. The number of likely N-dealkylation sites (N-methyl/N-ethyl adjacent to an activating group) is 1. The second-order valence-electron chi connectivity index (χ2n) is 7.79. The number of benzene rings is 2. The molecule has 4 N–H and O–H groups in total. The first kappa shape index (κ1) is 24.3. The summed E-state index contributed by atoms with van der Waals surface area (Å²) in [6.07, 6.45) is 2.23. The number of carbonyl (C=O) groups is 1. The maximum absolute atomic E-state index is 11.2. The molecule has 2 aromatic rings. The second kappa shape index (κ2) is 10.8. The number of hydrogen-bond acceptors (Lipinski definition) is 4. The molecule has 2 atom stereocenters. The van der Waals surface area contributed by atoms with Gasteiger partial charge in [-0.1, -0.05) is 54.1 Å². The van der Waals surface area contributed by atoms with Crippen LogP contribution < -0.4 is 0 Å². The fraction of sp³-hybridized carbons (Fsp3) is 0.409. The molecule has 0 bridgehead atoms. The number of aliphatic carboxylic acids is 1. The van der Waals surface area contributed by atoms with Gasteiger partial charge in [-0.3, -0.25) is 9.36 Å². The SMILES string of the molecule is CC(=CCN(C)CC(O)CC(C(=O)O)P(=O)(O)O)CCc1ccc2ccccc2c1. The molecule has 0 fully saturated rings. The van der Waals surface area contributed by atoms with Crippen molar-refractivity contribution in [3.05, 3.63) is 59.7 Å². The van der Waals surface area contributed by atoms with E-state index in [4.69, 9.17) is 14.9 Å². The van der Waals surface area contributed by atoms with Gasteiger partial charge in [0.25, 0.3) is 0 Å². The number of aliphatic hydroxyl groups is 1. The first-order valence-electron chi connectivity index (χ1n) is 9.84. The van der Waals surface area contributed by atoms with E-state index in [1.807, 2.05) is 25.1 Å². The van der Waals surface area contributed by atoms with Gasteiger partial charge in [0.2, 0.25) is 0 Å². The minimum absolute atomic E-state index is 0.123. The zero-order valence-corrected chi connectivity index (χ0v) is 18.2. The van der Waals surface area contributed by atoms with Crippen LogP contribution in [-0.2, 0) is 15.8 Å². The molecule has 2 aromatic carbocycles. The van der Waals surface area contributed by atoms with Gasteiger partial charge < -0.3 is 24.9 Å². The van der Waals surface area contributed by atoms with E-state index in [0.717, 1.165) is 12.8 Å². The summed E-state index contributed by atoms with van der Waals surface area (Å²) in [7, 11) is -3.04. The molecule has 30 heavy (non-hydrogen) atoms. The van der Waals surface area contributed by atoms with Crippen molar-refractivity contribution in [3.63, 3.8) is 0 Å². The van der Waals surface area contributed by atoms with Crippen LogP contribution in [0.4, 0.5) is 0 Å². The number of allylic oxidation sites excluding steroid dienone is 1. The summed E-state index contributed by atoms with van der Waals surface area (Å²) in [5.41, 5.74) is 0.575. The molecule has 2 unspecified atom stereocenters. The van der Waals surface area contributed by atoms with Crippen LogP contribution in [0, 0.1) is 0 Å². The Balaban J connectivity index is 1.82. The highest BCUT2D eigenvalue weighted by molar-refractivity contribution is 7.53. The van der Waals surface area contributed by atoms with Gasteiger partial charge >= 0.3 is 13.6 Å². The number of aryl methyl sites for hydroxylation is 1.